The van der Waals surface area contributed by atoms with Crippen LogP contribution in [0.2, 0.25) is 0 Å². The highest BCUT2D eigenvalue weighted by Crippen LogP contribution is 2.15. The zero-order valence-electron chi connectivity index (χ0n) is 13.6. The molecule has 6 nitrogen and oxygen atoms in total. The van der Waals surface area contributed by atoms with E-state index in [4.69, 9.17) is 14.6 Å². The van der Waals surface area contributed by atoms with Crippen LogP contribution in [0.3, 0.4) is 0 Å². The fraction of sp³-hybridized carbons (Fsp3) is 0.867. The van der Waals surface area contributed by atoms with Crippen molar-refractivity contribution in [3.63, 3.8) is 0 Å². The van der Waals surface area contributed by atoms with Crippen LogP contribution in [-0.4, -0.2) is 48.4 Å². The Morgan fingerprint density at radius 1 is 1.19 bits per heavy atom. The molecular formula is C15H29NO5. The number of hydrogen-bond acceptors (Lipinski definition) is 4. The molecule has 0 aromatic heterocycles. The Morgan fingerprint density at radius 2 is 1.86 bits per heavy atom. The van der Waals surface area contributed by atoms with Gasteiger partial charge in [-0.05, 0) is 40.5 Å². The number of hydrogen-bond donors (Lipinski definition) is 2. The molecule has 0 saturated carbocycles. The average Bonchev–Trinajstić information content (AvgIpc) is 2.35. The lowest BCUT2D eigenvalue weighted by Gasteiger charge is -2.25. The predicted octanol–water partition coefficient (Wildman–Crippen LogP) is 1.97. The van der Waals surface area contributed by atoms with E-state index in [1.165, 1.54) is 0 Å². The highest BCUT2D eigenvalue weighted by Gasteiger charge is 2.18. The van der Waals surface area contributed by atoms with Gasteiger partial charge in [-0.1, -0.05) is 0 Å². The van der Waals surface area contributed by atoms with Gasteiger partial charge in [-0.15, -0.1) is 0 Å². The van der Waals surface area contributed by atoms with Gasteiger partial charge >= 0.3 is 5.97 Å². The number of carbonyl (C=O) groups excluding carboxylic acids is 1. The van der Waals surface area contributed by atoms with Crippen molar-refractivity contribution in [2.45, 2.75) is 65.1 Å². The fourth-order valence-electron chi connectivity index (χ4n) is 1.57. The van der Waals surface area contributed by atoms with Gasteiger partial charge in [-0.25, -0.2) is 0 Å². The second-order valence-corrected chi connectivity index (χ2v) is 5.87. The van der Waals surface area contributed by atoms with E-state index in [0.29, 0.717) is 26.2 Å². The van der Waals surface area contributed by atoms with Crippen molar-refractivity contribution in [3.05, 3.63) is 0 Å². The molecule has 124 valence electrons. The highest BCUT2D eigenvalue weighted by molar-refractivity contribution is 5.80. The van der Waals surface area contributed by atoms with Crippen molar-refractivity contribution < 1.29 is 24.2 Å². The first kappa shape index (κ1) is 19.9. The molecule has 0 atom stereocenters. The summed E-state index contributed by atoms with van der Waals surface area (Å²) in [5, 5.41) is 11.1. The van der Waals surface area contributed by atoms with Gasteiger partial charge in [0.2, 0.25) is 5.91 Å². The third kappa shape index (κ3) is 13.6. The lowest BCUT2D eigenvalue weighted by atomic mass is 10.1. The average molecular weight is 303 g/mol. The maximum absolute atomic E-state index is 11.3. The number of carboxylic acids is 1. The number of rotatable bonds is 12. The summed E-state index contributed by atoms with van der Waals surface area (Å²) in [6, 6.07) is 0. The SMILES string of the molecule is CC(C)OCCC(C)(C)OCCCNC(=O)CCC(=O)O. The van der Waals surface area contributed by atoms with Crippen molar-refractivity contribution in [2.75, 3.05) is 19.8 Å². The first-order valence-electron chi connectivity index (χ1n) is 7.47. The molecule has 0 saturated heterocycles. The maximum Gasteiger partial charge on any atom is 0.303 e. The van der Waals surface area contributed by atoms with Gasteiger partial charge in [-0.2, -0.15) is 0 Å². The molecule has 0 heterocycles. The van der Waals surface area contributed by atoms with E-state index < -0.39 is 5.97 Å². The summed E-state index contributed by atoms with van der Waals surface area (Å²) in [6.45, 7) is 9.74. The molecule has 0 aromatic carbocycles. The van der Waals surface area contributed by atoms with E-state index >= 15 is 0 Å². The molecule has 0 rings (SSSR count). The van der Waals surface area contributed by atoms with Gasteiger partial charge in [0.05, 0.1) is 18.1 Å². The number of carbonyl (C=O) groups is 2. The van der Waals surface area contributed by atoms with Crippen molar-refractivity contribution in [1.82, 2.24) is 5.32 Å². The number of amides is 1. The Hall–Kier alpha value is -1.14. The Balaban J connectivity index is 3.60. The summed E-state index contributed by atoms with van der Waals surface area (Å²) in [5.41, 5.74) is -0.248. The largest absolute Gasteiger partial charge is 0.481 e. The summed E-state index contributed by atoms with van der Waals surface area (Å²) in [4.78, 5) is 21.6. The van der Waals surface area contributed by atoms with Crippen LogP contribution in [0.25, 0.3) is 0 Å². The predicted molar refractivity (Wildman–Crippen MR) is 80.2 cm³/mol. The summed E-state index contributed by atoms with van der Waals surface area (Å²) in [7, 11) is 0. The van der Waals surface area contributed by atoms with Crippen molar-refractivity contribution in [3.8, 4) is 0 Å². The van der Waals surface area contributed by atoms with Crippen LogP contribution in [0.4, 0.5) is 0 Å². The minimum atomic E-state index is -0.959. The second-order valence-electron chi connectivity index (χ2n) is 5.87. The smallest absolute Gasteiger partial charge is 0.303 e. The van der Waals surface area contributed by atoms with E-state index in [2.05, 4.69) is 5.32 Å². The topological polar surface area (TPSA) is 84.9 Å². The van der Waals surface area contributed by atoms with Crippen LogP contribution < -0.4 is 5.32 Å². The molecule has 0 aliphatic heterocycles. The van der Waals surface area contributed by atoms with Gasteiger partial charge in [0.25, 0.3) is 0 Å². The Kier molecular flexibility index (Phi) is 9.99. The summed E-state index contributed by atoms with van der Waals surface area (Å²) in [6.07, 6.45) is 1.63. The van der Waals surface area contributed by atoms with Crippen LogP contribution in [-0.2, 0) is 19.1 Å². The van der Waals surface area contributed by atoms with Crippen LogP contribution in [0.5, 0.6) is 0 Å². The van der Waals surface area contributed by atoms with Gasteiger partial charge in [-0.3, -0.25) is 9.59 Å². The number of carboxylic acid groups (broad SMARTS) is 1. The molecule has 1 amide bonds. The molecule has 0 unspecified atom stereocenters. The molecule has 0 aliphatic carbocycles. The minimum absolute atomic E-state index is 0.0220. The van der Waals surface area contributed by atoms with Crippen LogP contribution in [0, 0.1) is 0 Å². The molecule has 0 fully saturated rings. The lowest BCUT2D eigenvalue weighted by molar-refractivity contribution is -0.138. The van der Waals surface area contributed by atoms with E-state index in [0.717, 1.165) is 6.42 Å². The third-order valence-electron chi connectivity index (χ3n) is 2.86. The Bertz CT molecular complexity index is 315. The lowest BCUT2D eigenvalue weighted by Crippen LogP contribution is -2.30. The van der Waals surface area contributed by atoms with Crippen molar-refractivity contribution in [1.29, 1.82) is 0 Å². The summed E-state index contributed by atoms with van der Waals surface area (Å²) < 4.78 is 11.3. The quantitative estimate of drug-likeness (QED) is 0.538. The van der Waals surface area contributed by atoms with Crippen molar-refractivity contribution in [2.24, 2.45) is 0 Å². The molecule has 2 N–H and O–H groups in total. The maximum atomic E-state index is 11.3. The first-order valence-corrected chi connectivity index (χ1v) is 7.47. The second kappa shape index (κ2) is 10.6. The Labute approximate surface area is 127 Å². The normalized spacial score (nSPS) is 11.7. The highest BCUT2D eigenvalue weighted by atomic mass is 16.5. The van der Waals surface area contributed by atoms with Gasteiger partial charge in [0.15, 0.2) is 0 Å². The van der Waals surface area contributed by atoms with Gasteiger partial charge in [0, 0.05) is 26.2 Å². The van der Waals surface area contributed by atoms with Crippen LogP contribution in [0.15, 0.2) is 0 Å². The van der Waals surface area contributed by atoms with E-state index in [1.54, 1.807) is 0 Å². The van der Waals surface area contributed by atoms with Crippen LogP contribution >= 0.6 is 0 Å². The molecule has 0 aromatic rings. The molecule has 0 spiro atoms. The number of ether oxygens (including phenoxy) is 2. The molecule has 0 bridgehead atoms. The molecule has 0 radical (unpaired) electrons. The third-order valence-corrected chi connectivity index (χ3v) is 2.86. The van der Waals surface area contributed by atoms with E-state index in [1.807, 2.05) is 27.7 Å². The fourth-order valence-corrected chi connectivity index (χ4v) is 1.57. The minimum Gasteiger partial charge on any atom is -0.481 e. The first-order chi connectivity index (χ1) is 9.73. The molecular weight excluding hydrogens is 274 g/mol. The standard InChI is InChI=1S/C15H29NO5/c1-12(2)20-11-8-15(3,4)21-10-5-9-16-13(17)6-7-14(18)19/h12H,5-11H2,1-4H3,(H,16,17)(H,18,19). The van der Waals surface area contributed by atoms with Crippen LogP contribution in [0.1, 0.15) is 53.4 Å². The summed E-state index contributed by atoms with van der Waals surface area (Å²) >= 11 is 0. The Morgan fingerprint density at radius 3 is 2.43 bits per heavy atom. The zero-order valence-corrected chi connectivity index (χ0v) is 13.6. The summed E-state index contributed by atoms with van der Waals surface area (Å²) in [5.74, 6) is -1.19. The molecule has 0 aliphatic rings. The zero-order chi connectivity index (χ0) is 16.3. The van der Waals surface area contributed by atoms with Crippen molar-refractivity contribution >= 4 is 11.9 Å². The molecule has 6 heteroatoms. The van der Waals surface area contributed by atoms with Gasteiger partial charge < -0.3 is 19.9 Å². The molecule has 21 heavy (non-hydrogen) atoms. The van der Waals surface area contributed by atoms with Gasteiger partial charge in [0.1, 0.15) is 0 Å². The number of nitrogens with one attached hydrogen (secondary N) is 1. The van der Waals surface area contributed by atoms with E-state index in [9.17, 15) is 9.59 Å². The van der Waals surface area contributed by atoms with E-state index in [-0.39, 0.29) is 30.5 Å². The number of aliphatic carboxylic acids is 1. The monoisotopic (exact) mass is 303 g/mol.